The molecule has 3 atom stereocenters. The Balaban J connectivity index is 1.81. The fraction of sp³-hybridized carbons (Fsp3) is 0.818. The van der Waals surface area contributed by atoms with Gasteiger partial charge < -0.3 is 15.0 Å². The van der Waals surface area contributed by atoms with E-state index in [1.165, 1.54) is 4.90 Å². The van der Waals surface area contributed by atoms with Gasteiger partial charge in [0.05, 0.1) is 17.5 Å². The highest BCUT2D eigenvalue weighted by Gasteiger charge is 2.62. The molecule has 0 spiro atoms. The molecule has 0 unspecified atom stereocenters. The maximum atomic E-state index is 13.5. The molecule has 4 amide bonds. The molecule has 0 aromatic heterocycles. The Morgan fingerprint density at radius 3 is 2.23 bits per heavy atom. The number of likely N-dealkylation sites (tertiary alicyclic amines) is 2. The van der Waals surface area contributed by atoms with E-state index in [4.69, 9.17) is 4.74 Å². The summed E-state index contributed by atoms with van der Waals surface area (Å²) in [4.78, 5) is 54.8. The summed E-state index contributed by atoms with van der Waals surface area (Å²) in [7, 11) is 0. The standard InChI is InChI=1S/C22H35N3O5/c1-12(2)15(23-20(29)30-21(3,4)5)18(27)24-11-10-14-16(24)22(6,7)19(28)25(14)17(26)13-8-9-13/h12-16H,8-11H2,1-7H3,(H,23,29)/t14-,15-,16-/m0/s1. The molecule has 2 aliphatic heterocycles. The fourth-order valence-corrected chi connectivity index (χ4v) is 4.67. The van der Waals surface area contributed by atoms with Crippen molar-refractivity contribution in [1.82, 2.24) is 15.1 Å². The normalized spacial score (nSPS) is 26.6. The summed E-state index contributed by atoms with van der Waals surface area (Å²) in [6.07, 6.45) is 1.59. The highest BCUT2D eigenvalue weighted by atomic mass is 16.6. The smallest absolute Gasteiger partial charge is 0.408 e. The SMILES string of the molecule is CC(C)[C@H](NC(=O)OC(C)(C)C)C(=O)N1CC[C@H]2[C@H]1C(C)(C)C(=O)N2C(=O)C1CC1. The van der Waals surface area contributed by atoms with Crippen molar-refractivity contribution in [3.05, 3.63) is 0 Å². The molecule has 1 saturated carbocycles. The van der Waals surface area contributed by atoms with Gasteiger partial charge in [-0.2, -0.15) is 0 Å². The van der Waals surface area contributed by atoms with E-state index in [-0.39, 0.29) is 41.6 Å². The van der Waals surface area contributed by atoms with Crippen molar-refractivity contribution in [3.63, 3.8) is 0 Å². The molecular formula is C22H35N3O5. The fourth-order valence-electron chi connectivity index (χ4n) is 4.67. The van der Waals surface area contributed by atoms with Gasteiger partial charge in [-0.25, -0.2) is 4.79 Å². The molecule has 8 heteroatoms. The second-order valence-corrected chi connectivity index (χ2v) is 10.7. The van der Waals surface area contributed by atoms with E-state index in [1.807, 2.05) is 27.7 Å². The molecule has 3 fully saturated rings. The van der Waals surface area contributed by atoms with Crippen molar-refractivity contribution in [2.45, 2.75) is 91.5 Å². The number of carbonyl (C=O) groups excluding carboxylic acids is 4. The first-order chi connectivity index (χ1) is 13.8. The van der Waals surface area contributed by atoms with Gasteiger partial charge in [-0.15, -0.1) is 0 Å². The molecule has 168 valence electrons. The third-order valence-corrected chi connectivity index (χ3v) is 6.26. The summed E-state index contributed by atoms with van der Waals surface area (Å²) >= 11 is 0. The molecule has 1 aliphatic carbocycles. The minimum Gasteiger partial charge on any atom is -0.444 e. The minimum atomic E-state index is -0.852. The number of fused-ring (bicyclic) bond motifs is 1. The first-order valence-electron chi connectivity index (χ1n) is 10.9. The number of amides is 4. The summed E-state index contributed by atoms with van der Waals surface area (Å²) in [6, 6.07) is -1.45. The van der Waals surface area contributed by atoms with Gasteiger partial charge in [0.2, 0.25) is 17.7 Å². The van der Waals surface area contributed by atoms with Crippen LogP contribution in [-0.4, -0.2) is 63.9 Å². The van der Waals surface area contributed by atoms with Crippen LogP contribution in [0.5, 0.6) is 0 Å². The number of alkyl carbamates (subject to hydrolysis) is 1. The van der Waals surface area contributed by atoms with Crippen LogP contribution in [0.2, 0.25) is 0 Å². The Labute approximate surface area is 178 Å². The van der Waals surface area contributed by atoms with Crippen molar-refractivity contribution in [2.24, 2.45) is 17.3 Å². The molecule has 2 saturated heterocycles. The topological polar surface area (TPSA) is 96.0 Å². The van der Waals surface area contributed by atoms with Gasteiger partial charge in [-0.05, 0) is 59.8 Å². The van der Waals surface area contributed by atoms with Gasteiger partial charge in [-0.1, -0.05) is 13.8 Å². The number of hydrogen-bond acceptors (Lipinski definition) is 5. The lowest BCUT2D eigenvalue weighted by atomic mass is 9.84. The number of nitrogens with one attached hydrogen (secondary N) is 1. The molecule has 0 aromatic rings. The van der Waals surface area contributed by atoms with E-state index in [0.29, 0.717) is 13.0 Å². The van der Waals surface area contributed by atoms with E-state index in [9.17, 15) is 19.2 Å². The molecule has 8 nitrogen and oxygen atoms in total. The van der Waals surface area contributed by atoms with Crippen LogP contribution in [-0.2, 0) is 19.1 Å². The van der Waals surface area contributed by atoms with E-state index in [2.05, 4.69) is 5.32 Å². The quantitative estimate of drug-likeness (QED) is 0.703. The third kappa shape index (κ3) is 4.05. The number of rotatable bonds is 4. The average molecular weight is 422 g/mol. The molecular weight excluding hydrogens is 386 g/mol. The minimum absolute atomic E-state index is 0.0505. The highest BCUT2D eigenvalue weighted by molar-refractivity contribution is 6.03. The van der Waals surface area contributed by atoms with E-state index >= 15 is 0 Å². The lowest BCUT2D eigenvalue weighted by molar-refractivity contribution is -0.148. The lowest BCUT2D eigenvalue weighted by Gasteiger charge is -2.35. The third-order valence-electron chi connectivity index (χ3n) is 6.26. The Bertz CT molecular complexity index is 750. The van der Waals surface area contributed by atoms with Gasteiger partial charge in [0.1, 0.15) is 11.6 Å². The Kier molecular flexibility index (Phi) is 5.67. The zero-order valence-corrected chi connectivity index (χ0v) is 19.2. The Morgan fingerprint density at radius 2 is 1.73 bits per heavy atom. The average Bonchev–Trinajstić information content (AvgIpc) is 3.32. The summed E-state index contributed by atoms with van der Waals surface area (Å²) in [5.74, 6) is -0.737. The van der Waals surface area contributed by atoms with Crippen LogP contribution >= 0.6 is 0 Å². The van der Waals surface area contributed by atoms with Crippen molar-refractivity contribution in [3.8, 4) is 0 Å². The second kappa shape index (κ2) is 7.54. The van der Waals surface area contributed by atoms with Crippen LogP contribution in [0.25, 0.3) is 0 Å². The predicted octanol–water partition coefficient (Wildman–Crippen LogP) is 2.31. The van der Waals surface area contributed by atoms with Crippen LogP contribution in [0.15, 0.2) is 0 Å². The lowest BCUT2D eigenvalue weighted by Crippen LogP contribution is -2.56. The Hall–Kier alpha value is -2.12. The second-order valence-electron chi connectivity index (χ2n) is 10.7. The van der Waals surface area contributed by atoms with Crippen LogP contribution in [0, 0.1) is 17.3 Å². The van der Waals surface area contributed by atoms with Crippen LogP contribution in [0.3, 0.4) is 0 Å². The molecule has 3 aliphatic rings. The number of carbonyl (C=O) groups is 4. The molecule has 1 N–H and O–H groups in total. The molecule has 30 heavy (non-hydrogen) atoms. The summed E-state index contributed by atoms with van der Waals surface area (Å²) in [5, 5.41) is 2.71. The van der Waals surface area contributed by atoms with Gasteiger partial charge in [-0.3, -0.25) is 19.3 Å². The molecule has 2 heterocycles. The van der Waals surface area contributed by atoms with Gasteiger partial charge >= 0.3 is 6.09 Å². The van der Waals surface area contributed by atoms with Gasteiger partial charge in [0.25, 0.3) is 0 Å². The zero-order valence-electron chi connectivity index (χ0n) is 19.2. The highest BCUT2D eigenvalue weighted by Crippen LogP contribution is 2.46. The summed E-state index contributed by atoms with van der Waals surface area (Å²) < 4.78 is 5.33. The molecule has 0 aromatic carbocycles. The van der Waals surface area contributed by atoms with Gasteiger partial charge in [0, 0.05) is 12.5 Å². The van der Waals surface area contributed by atoms with Gasteiger partial charge in [0.15, 0.2) is 0 Å². The molecule has 3 rings (SSSR count). The van der Waals surface area contributed by atoms with Crippen molar-refractivity contribution in [2.75, 3.05) is 6.54 Å². The van der Waals surface area contributed by atoms with Crippen LogP contribution in [0.1, 0.15) is 67.7 Å². The number of nitrogens with zero attached hydrogens (tertiary/aromatic N) is 2. The maximum Gasteiger partial charge on any atom is 0.408 e. The van der Waals surface area contributed by atoms with E-state index in [1.54, 1.807) is 25.7 Å². The van der Waals surface area contributed by atoms with Crippen molar-refractivity contribution in [1.29, 1.82) is 0 Å². The van der Waals surface area contributed by atoms with Crippen LogP contribution < -0.4 is 5.32 Å². The van der Waals surface area contributed by atoms with Crippen molar-refractivity contribution >= 4 is 23.8 Å². The number of ether oxygens (including phenoxy) is 1. The predicted molar refractivity (Wildman–Crippen MR) is 110 cm³/mol. The van der Waals surface area contributed by atoms with E-state index in [0.717, 1.165) is 12.8 Å². The first-order valence-corrected chi connectivity index (χ1v) is 10.9. The number of hydrogen-bond donors (Lipinski definition) is 1. The van der Waals surface area contributed by atoms with Crippen LogP contribution in [0.4, 0.5) is 4.79 Å². The summed E-state index contributed by atoms with van der Waals surface area (Å²) in [5.41, 5.74) is -1.52. The summed E-state index contributed by atoms with van der Waals surface area (Å²) in [6.45, 7) is 13.1. The van der Waals surface area contributed by atoms with E-state index < -0.39 is 23.2 Å². The van der Waals surface area contributed by atoms with Crippen molar-refractivity contribution < 1.29 is 23.9 Å². The molecule has 0 bridgehead atoms. The largest absolute Gasteiger partial charge is 0.444 e. The number of imide groups is 1. The Morgan fingerprint density at radius 1 is 1.13 bits per heavy atom. The monoisotopic (exact) mass is 421 g/mol. The first kappa shape index (κ1) is 22.6. The molecule has 0 radical (unpaired) electrons. The zero-order chi connectivity index (χ0) is 22.6. The maximum absolute atomic E-state index is 13.5.